The van der Waals surface area contributed by atoms with Gasteiger partial charge in [0, 0.05) is 32.4 Å². The molecule has 5 heteroatoms. The first-order chi connectivity index (χ1) is 7.20. The van der Waals surface area contributed by atoms with Gasteiger partial charge in [-0.25, -0.2) is 4.98 Å². The van der Waals surface area contributed by atoms with Crippen molar-refractivity contribution in [3.63, 3.8) is 0 Å². The molecule has 4 nitrogen and oxygen atoms in total. The summed E-state index contributed by atoms with van der Waals surface area (Å²) in [5.74, 6) is 0.981. The van der Waals surface area contributed by atoms with Crippen molar-refractivity contribution in [2.45, 2.75) is 18.9 Å². The predicted octanol–water partition coefficient (Wildman–Crippen LogP) is 1.26. The number of aryl methyl sites for hydroxylation is 1. The summed E-state index contributed by atoms with van der Waals surface area (Å²) in [6, 6.07) is 0.650. The van der Waals surface area contributed by atoms with E-state index in [1.165, 1.54) is 12.8 Å². The van der Waals surface area contributed by atoms with Crippen LogP contribution in [0, 0.1) is 0 Å². The van der Waals surface area contributed by atoms with Gasteiger partial charge in [-0.1, -0.05) is 11.6 Å². The molecule has 2 heterocycles. The van der Waals surface area contributed by atoms with Gasteiger partial charge >= 0.3 is 0 Å². The highest BCUT2D eigenvalue weighted by molar-refractivity contribution is 6.29. The largest absolute Gasteiger partial charge is 0.342 e. The van der Waals surface area contributed by atoms with Gasteiger partial charge in [-0.3, -0.25) is 0 Å². The van der Waals surface area contributed by atoms with Gasteiger partial charge in [-0.05, 0) is 19.9 Å². The lowest BCUT2D eigenvalue weighted by molar-refractivity contribution is 0.437. The van der Waals surface area contributed by atoms with E-state index in [1.807, 2.05) is 24.9 Å². The number of nitrogens with zero attached hydrogens (tertiary/aromatic N) is 3. The first kappa shape index (κ1) is 10.8. The molecule has 0 aliphatic carbocycles. The molecule has 0 bridgehead atoms. The minimum absolute atomic E-state index is 0.572. The molecule has 15 heavy (non-hydrogen) atoms. The van der Waals surface area contributed by atoms with E-state index in [9.17, 15) is 0 Å². The Morgan fingerprint density at radius 2 is 2.13 bits per heavy atom. The molecule has 0 aromatic carbocycles. The van der Waals surface area contributed by atoms with E-state index in [0.717, 1.165) is 19.0 Å². The number of anilines is 1. The van der Waals surface area contributed by atoms with Crippen LogP contribution in [-0.2, 0) is 7.05 Å². The van der Waals surface area contributed by atoms with Gasteiger partial charge in [-0.15, -0.1) is 0 Å². The number of hydrogen-bond donors (Lipinski definition) is 1. The Morgan fingerprint density at radius 1 is 1.47 bits per heavy atom. The molecule has 1 aliphatic rings. The van der Waals surface area contributed by atoms with Crippen LogP contribution < -0.4 is 10.2 Å². The van der Waals surface area contributed by atoms with Gasteiger partial charge in [0.1, 0.15) is 5.15 Å². The number of nitrogens with one attached hydrogen (secondary N) is 1. The number of aromatic nitrogens is 2. The number of halogens is 1. The van der Waals surface area contributed by atoms with Crippen LogP contribution >= 0.6 is 11.6 Å². The van der Waals surface area contributed by atoms with Crippen molar-refractivity contribution in [2.75, 3.05) is 25.0 Å². The maximum Gasteiger partial charge on any atom is 0.206 e. The second kappa shape index (κ2) is 4.41. The second-order valence-corrected chi connectivity index (χ2v) is 4.41. The number of hydrogen-bond acceptors (Lipinski definition) is 3. The zero-order chi connectivity index (χ0) is 10.8. The molecule has 0 saturated carbocycles. The van der Waals surface area contributed by atoms with E-state index in [1.54, 1.807) is 0 Å². The number of rotatable bonds is 2. The Morgan fingerprint density at radius 3 is 2.60 bits per heavy atom. The lowest BCUT2D eigenvalue weighted by Gasteiger charge is -2.32. The van der Waals surface area contributed by atoms with Crippen molar-refractivity contribution in [1.82, 2.24) is 14.9 Å². The summed E-state index contributed by atoms with van der Waals surface area (Å²) >= 11 is 5.87. The van der Waals surface area contributed by atoms with Crippen LogP contribution in [0.25, 0.3) is 0 Å². The fourth-order valence-corrected chi connectivity index (χ4v) is 2.30. The van der Waals surface area contributed by atoms with Crippen LogP contribution in [0.3, 0.4) is 0 Å². The Hall–Kier alpha value is -0.740. The van der Waals surface area contributed by atoms with Gasteiger partial charge in [0.15, 0.2) is 0 Å². The molecular formula is C10H17ClN4. The Kier molecular flexibility index (Phi) is 3.17. The standard InChI is InChI=1S/C10H17ClN4/c1-12-8-3-5-15(6-4-8)10-13-9(11)7-14(10)2/h7-8,12H,3-6H2,1-2H3. The van der Waals surface area contributed by atoms with Gasteiger partial charge < -0.3 is 14.8 Å². The molecule has 84 valence electrons. The molecule has 0 amide bonds. The Bertz CT molecular complexity index is 328. The molecule has 0 atom stereocenters. The smallest absolute Gasteiger partial charge is 0.206 e. The maximum atomic E-state index is 5.87. The van der Waals surface area contributed by atoms with Crippen molar-refractivity contribution in [1.29, 1.82) is 0 Å². The van der Waals surface area contributed by atoms with Crippen LogP contribution in [0.4, 0.5) is 5.95 Å². The summed E-state index contributed by atoms with van der Waals surface area (Å²) < 4.78 is 1.99. The number of piperidine rings is 1. The van der Waals surface area contributed by atoms with Crippen molar-refractivity contribution in [2.24, 2.45) is 7.05 Å². The third kappa shape index (κ3) is 2.26. The first-order valence-electron chi connectivity index (χ1n) is 5.32. The summed E-state index contributed by atoms with van der Waals surface area (Å²) in [5, 5.41) is 3.89. The third-order valence-corrected chi connectivity index (χ3v) is 3.19. The lowest BCUT2D eigenvalue weighted by Crippen LogP contribution is -2.42. The van der Waals surface area contributed by atoms with Crippen molar-refractivity contribution < 1.29 is 0 Å². The van der Waals surface area contributed by atoms with Crippen LogP contribution in [0.2, 0.25) is 5.15 Å². The van der Waals surface area contributed by atoms with E-state index in [2.05, 4.69) is 15.2 Å². The van der Waals surface area contributed by atoms with E-state index >= 15 is 0 Å². The van der Waals surface area contributed by atoms with Crippen LogP contribution in [0.1, 0.15) is 12.8 Å². The summed E-state index contributed by atoms with van der Waals surface area (Å²) in [4.78, 5) is 6.61. The minimum Gasteiger partial charge on any atom is -0.342 e. The molecule has 1 aromatic heterocycles. The van der Waals surface area contributed by atoms with Gasteiger partial charge in [0.25, 0.3) is 0 Å². The topological polar surface area (TPSA) is 33.1 Å². The van der Waals surface area contributed by atoms with E-state index in [4.69, 9.17) is 11.6 Å². The second-order valence-electron chi connectivity index (χ2n) is 4.02. The van der Waals surface area contributed by atoms with Crippen molar-refractivity contribution in [3.05, 3.63) is 11.3 Å². The molecule has 1 saturated heterocycles. The Balaban J connectivity index is 2.04. The summed E-state index contributed by atoms with van der Waals surface area (Å²) in [7, 11) is 4.01. The van der Waals surface area contributed by atoms with Gasteiger partial charge in [0.2, 0.25) is 5.95 Å². The van der Waals surface area contributed by atoms with E-state index in [0.29, 0.717) is 11.2 Å². The lowest BCUT2D eigenvalue weighted by atomic mass is 10.1. The highest BCUT2D eigenvalue weighted by Crippen LogP contribution is 2.20. The fourth-order valence-electron chi connectivity index (χ4n) is 2.08. The average molecular weight is 229 g/mol. The normalized spacial score (nSPS) is 18.5. The van der Waals surface area contributed by atoms with E-state index < -0.39 is 0 Å². The SMILES string of the molecule is CNC1CCN(c2nc(Cl)cn2C)CC1. The summed E-state index contributed by atoms with van der Waals surface area (Å²) in [6.45, 7) is 2.10. The van der Waals surface area contributed by atoms with Crippen LogP contribution in [0.15, 0.2) is 6.20 Å². The van der Waals surface area contributed by atoms with Crippen LogP contribution in [0.5, 0.6) is 0 Å². The highest BCUT2D eigenvalue weighted by atomic mass is 35.5. The molecule has 1 aliphatic heterocycles. The zero-order valence-corrected chi connectivity index (χ0v) is 9.96. The fraction of sp³-hybridized carbons (Fsp3) is 0.700. The van der Waals surface area contributed by atoms with Crippen molar-refractivity contribution in [3.8, 4) is 0 Å². The first-order valence-corrected chi connectivity index (χ1v) is 5.69. The van der Waals surface area contributed by atoms with Crippen LogP contribution in [-0.4, -0.2) is 35.7 Å². The molecular weight excluding hydrogens is 212 g/mol. The minimum atomic E-state index is 0.572. The monoisotopic (exact) mass is 228 g/mol. The third-order valence-electron chi connectivity index (χ3n) is 3.01. The summed E-state index contributed by atoms with van der Waals surface area (Å²) in [5.41, 5.74) is 0. The Labute approximate surface area is 95.2 Å². The van der Waals surface area contributed by atoms with Crippen molar-refractivity contribution >= 4 is 17.5 Å². The molecule has 0 spiro atoms. The van der Waals surface area contributed by atoms with E-state index in [-0.39, 0.29) is 0 Å². The highest BCUT2D eigenvalue weighted by Gasteiger charge is 2.20. The quantitative estimate of drug-likeness (QED) is 0.828. The molecule has 1 fully saturated rings. The molecule has 1 N–H and O–H groups in total. The zero-order valence-electron chi connectivity index (χ0n) is 9.20. The van der Waals surface area contributed by atoms with Gasteiger partial charge in [0.05, 0.1) is 0 Å². The molecule has 2 rings (SSSR count). The summed E-state index contributed by atoms with van der Waals surface area (Å²) in [6.07, 6.45) is 4.18. The molecule has 1 aromatic rings. The molecule has 0 radical (unpaired) electrons. The predicted molar refractivity (Wildman–Crippen MR) is 62.5 cm³/mol. The number of imidazole rings is 1. The van der Waals surface area contributed by atoms with Gasteiger partial charge in [-0.2, -0.15) is 0 Å². The average Bonchev–Trinajstić information content (AvgIpc) is 2.58. The molecule has 0 unspecified atom stereocenters. The maximum absolute atomic E-state index is 5.87.